The van der Waals surface area contributed by atoms with Crippen molar-refractivity contribution in [2.24, 2.45) is 12.8 Å². The summed E-state index contributed by atoms with van der Waals surface area (Å²) < 4.78 is 1.93. The van der Waals surface area contributed by atoms with Gasteiger partial charge < -0.3 is 15.6 Å². The van der Waals surface area contributed by atoms with Crippen LogP contribution in [0, 0.1) is 0 Å². The van der Waals surface area contributed by atoms with Crippen LogP contribution >= 0.6 is 0 Å². The van der Waals surface area contributed by atoms with Crippen LogP contribution in [-0.4, -0.2) is 21.5 Å². The van der Waals surface area contributed by atoms with Gasteiger partial charge in [-0.1, -0.05) is 0 Å². The largest absolute Gasteiger partial charge is 0.370 e. The molecule has 1 aromatic rings. The van der Waals surface area contributed by atoms with E-state index in [1.807, 2.05) is 18.5 Å². The minimum absolute atomic E-state index is 0.0994. The zero-order valence-electron chi connectivity index (χ0n) is 8.53. The first-order valence-electron chi connectivity index (χ1n) is 4.56. The van der Waals surface area contributed by atoms with E-state index in [9.17, 15) is 4.79 Å². The zero-order valence-corrected chi connectivity index (χ0v) is 8.53. The van der Waals surface area contributed by atoms with Crippen molar-refractivity contribution in [3.63, 3.8) is 0 Å². The Labute approximate surface area is 83.3 Å². The van der Waals surface area contributed by atoms with Gasteiger partial charge in [-0.2, -0.15) is 0 Å². The lowest BCUT2D eigenvalue weighted by molar-refractivity contribution is -0.118. The Morgan fingerprint density at radius 3 is 3.00 bits per heavy atom. The third kappa shape index (κ3) is 3.18. The zero-order chi connectivity index (χ0) is 10.6. The number of nitrogens with zero attached hydrogens (tertiary/aromatic N) is 2. The molecule has 0 aliphatic rings. The number of aromatic nitrogens is 2. The fourth-order valence-corrected chi connectivity index (χ4v) is 1.21. The molecule has 5 heteroatoms. The fraction of sp³-hybridized carbons (Fsp3) is 0.556. The Bertz CT molecular complexity index is 308. The van der Waals surface area contributed by atoms with Crippen LogP contribution in [-0.2, 0) is 18.4 Å². The lowest BCUT2D eigenvalue weighted by Crippen LogP contribution is -2.31. The highest BCUT2D eigenvalue weighted by Gasteiger charge is 2.06. The molecule has 5 nitrogen and oxygen atoms in total. The van der Waals surface area contributed by atoms with E-state index in [0.29, 0.717) is 13.0 Å². The van der Waals surface area contributed by atoms with Crippen LogP contribution in [0.4, 0.5) is 0 Å². The number of aryl methyl sites for hydroxylation is 1. The lowest BCUT2D eigenvalue weighted by atomic mass is 10.2. The molecular formula is C9H16N4O. The molecule has 78 valence electrons. The van der Waals surface area contributed by atoms with Gasteiger partial charge in [0.2, 0.25) is 5.91 Å². The van der Waals surface area contributed by atoms with Crippen molar-refractivity contribution in [2.75, 3.05) is 0 Å². The summed E-state index contributed by atoms with van der Waals surface area (Å²) in [5.41, 5.74) is 6.16. The molecule has 1 amide bonds. The number of carbonyl (C=O) groups is 1. The summed E-state index contributed by atoms with van der Waals surface area (Å²) in [6, 6.07) is 0.0994. The molecule has 1 atom stereocenters. The van der Waals surface area contributed by atoms with Crippen LogP contribution in [0.3, 0.4) is 0 Å². The Kier molecular flexibility index (Phi) is 3.64. The SMILES string of the molecule is CC(CC(N)=O)NCc1cncn1C. The summed E-state index contributed by atoms with van der Waals surface area (Å²) >= 11 is 0. The number of nitrogens with one attached hydrogen (secondary N) is 1. The molecule has 0 spiro atoms. The molecule has 1 rings (SSSR count). The van der Waals surface area contributed by atoms with Crippen LogP contribution in [0.25, 0.3) is 0 Å². The smallest absolute Gasteiger partial charge is 0.218 e. The standard InChI is InChI=1S/C9H16N4O/c1-7(3-9(10)14)12-5-8-4-11-6-13(8)2/h4,6-7,12H,3,5H2,1-2H3,(H2,10,14). The Morgan fingerprint density at radius 1 is 1.79 bits per heavy atom. The number of primary amides is 1. The van der Waals surface area contributed by atoms with E-state index in [1.165, 1.54) is 0 Å². The van der Waals surface area contributed by atoms with Gasteiger partial charge in [0.05, 0.1) is 12.0 Å². The Balaban J connectivity index is 2.34. The van der Waals surface area contributed by atoms with Crippen molar-refractivity contribution >= 4 is 5.91 Å². The van der Waals surface area contributed by atoms with E-state index < -0.39 is 0 Å². The van der Waals surface area contributed by atoms with Gasteiger partial charge in [-0.3, -0.25) is 4.79 Å². The van der Waals surface area contributed by atoms with E-state index in [4.69, 9.17) is 5.73 Å². The number of amides is 1. The van der Waals surface area contributed by atoms with E-state index in [1.54, 1.807) is 12.5 Å². The molecule has 1 unspecified atom stereocenters. The minimum Gasteiger partial charge on any atom is -0.370 e. The monoisotopic (exact) mass is 196 g/mol. The molecule has 0 saturated heterocycles. The van der Waals surface area contributed by atoms with E-state index >= 15 is 0 Å². The van der Waals surface area contributed by atoms with Crippen LogP contribution in [0.5, 0.6) is 0 Å². The number of nitrogens with two attached hydrogens (primary N) is 1. The third-order valence-corrected chi connectivity index (χ3v) is 2.06. The molecule has 3 N–H and O–H groups in total. The summed E-state index contributed by atoms with van der Waals surface area (Å²) in [6.45, 7) is 2.63. The Hall–Kier alpha value is -1.36. The molecular weight excluding hydrogens is 180 g/mol. The van der Waals surface area contributed by atoms with Crippen LogP contribution in [0.15, 0.2) is 12.5 Å². The lowest BCUT2D eigenvalue weighted by Gasteiger charge is -2.11. The van der Waals surface area contributed by atoms with Crippen LogP contribution < -0.4 is 11.1 Å². The topological polar surface area (TPSA) is 72.9 Å². The number of rotatable bonds is 5. The van der Waals surface area contributed by atoms with Crippen molar-refractivity contribution in [1.29, 1.82) is 0 Å². The second-order valence-corrected chi connectivity index (χ2v) is 3.45. The van der Waals surface area contributed by atoms with Gasteiger partial charge in [-0.25, -0.2) is 4.98 Å². The first-order chi connectivity index (χ1) is 6.59. The highest BCUT2D eigenvalue weighted by Crippen LogP contribution is 1.97. The fourth-order valence-electron chi connectivity index (χ4n) is 1.21. The average Bonchev–Trinajstić information content (AvgIpc) is 2.46. The van der Waals surface area contributed by atoms with E-state index in [0.717, 1.165) is 5.69 Å². The quantitative estimate of drug-likeness (QED) is 0.683. The predicted molar refractivity (Wildman–Crippen MR) is 53.3 cm³/mol. The molecule has 0 bridgehead atoms. The van der Waals surface area contributed by atoms with E-state index in [2.05, 4.69) is 10.3 Å². The van der Waals surface area contributed by atoms with Crippen molar-refractivity contribution in [3.8, 4) is 0 Å². The van der Waals surface area contributed by atoms with Gasteiger partial charge in [-0.05, 0) is 6.92 Å². The van der Waals surface area contributed by atoms with Crippen molar-refractivity contribution in [3.05, 3.63) is 18.2 Å². The minimum atomic E-state index is -0.282. The summed E-state index contributed by atoms with van der Waals surface area (Å²) in [5.74, 6) is -0.282. The summed E-state index contributed by atoms with van der Waals surface area (Å²) in [4.78, 5) is 14.6. The number of imidazole rings is 1. The molecule has 0 fully saturated rings. The molecule has 0 aliphatic carbocycles. The van der Waals surface area contributed by atoms with Crippen LogP contribution in [0.1, 0.15) is 19.0 Å². The number of carbonyl (C=O) groups excluding carboxylic acids is 1. The van der Waals surface area contributed by atoms with Gasteiger partial charge >= 0.3 is 0 Å². The molecule has 0 aromatic carbocycles. The molecule has 14 heavy (non-hydrogen) atoms. The highest BCUT2D eigenvalue weighted by atomic mass is 16.1. The first kappa shape index (κ1) is 10.7. The van der Waals surface area contributed by atoms with Crippen LogP contribution in [0.2, 0.25) is 0 Å². The first-order valence-corrected chi connectivity index (χ1v) is 4.56. The molecule has 0 saturated carbocycles. The van der Waals surface area contributed by atoms with Gasteiger partial charge in [0.15, 0.2) is 0 Å². The average molecular weight is 196 g/mol. The predicted octanol–water partition coefficient (Wildman–Crippen LogP) is -0.226. The van der Waals surface area contributed by atoms with Crippen molar-refractivity contribution < 1.29 is 4.79 Å². The number of hydrogen-bond donors (Lipinski definition) is 2. The highest BCUT2D eigenvalue weighted by molar-refractivity contribution is 5.74. The second kappa shape index (κ2) is 4.76. The molecule has 1 heterocycles. The third-order valence-electron chi connectivity index (χ3n) is 2.06. The summed E-state index contributed by atoms with van der Waals surface area (Å²) in [5, 5.41) is 3.20. The molecule has 1 aromatic heterocycles. The van der Waals surface area contributed by atoms with Gasteiger partial charge in [-0.15, -0.1) is 0 Å². The van der Waals surface area contributed by atoms with Gasteiger partial charge in [0.25, 0.3) is 0 Å². The van der Waals surface area contributed by atoms with Gasteiger partial charge in [0, 0.05) is 32.3 Å². The second-order valence-electron chi connectivity index (χ2n) is 3.45. The summed E-state index contributed by atoms with van der Waals surface area (Å²) in [6.07, 6.45) is 3.90. The molecule has 0 aliphatic heterocycles. The van der Waals surface area contributed by atoms with Crippen molar-refractivity contribution in [2.45, 2.75) is 25.9 Å². The Morgan fingerprint density at radius 2 is 2.50 bits per heavy atom. The summed E-state index contributed by atoms with van der Waals surface area (Å²) in [7, 11) is 1.93. The molecule has 0 radical (unpaired) electrons. The number of hydrogen-bond acceptors (Lipinski definition) is 3. The maximum Gasteiger partial charge on any atom is 0.218 e. The van der Waals surface area contributed by atoms with Crippen molar-refractivity contribution in [1.82, 2.24) is 14.9 Å². The van der Waals surface area contributed by atoms with E-state index in [-0.39, 0.29) is 11.9 Å². The maximum absolute atomic E-state index is 10.6. The van der Waals surface area contributed by atoms with Gasteiger partial charge in [0.1, 0.15) is 0 Å². The normalized spacial score (nSPS) is 12.7. The maximum atomic E-state index is 10.6.